The van der Waals surface area contributed by atoms with Crippen LogP contribution in [0, 0.1) is 6.92 Å². The van der Waals surface area contributed by atoms with Gasteiger partial charge in [-0.25, -0.2) is 0 Å². The van der Waals surface area contributed by atoms with Gasteiger partial charge in [0, 0.05) is 10.0 Å². The molecule has 21 heavy (non-hydrogen) atoms. The molecular weight excluding hydrogens is 354 g/mol. The van der Waals surface area contributed by atoms with Gasteiger partial charge < -0.3 is 5.73 Å². The predicted molar refractivity (Wildman–Crippen MR) is 86.4 cm³/mol. The molecule has 3 rings (SSSR count). The Morgan fingerprint density at radius 1 is 1.19 bits per heavy atom. The Kier molecular flexibility index (Phi) is 3.65. The third-order valence-electron chi connectivity index (χ3n) is 3.11. The van der Waals surface area contributed by atoms with Gasteiger partial charge in [-0.05, 0) is 59.3 Å². The number of hydrogen-bond acceptors (Lipinski definition) is 4. The molecule has 7 heteroatoms. The van der Waals surface area contributed by atoms with E-state index in [4.69, 9.17) is 17.3 Å². The molecule has 0 aliphatic carbocycles. The number of benzene rings is 2. The second kappa shape index (κ2) is 5.46. The highest BCUT2D eigenvalue weighted by atomic mass is 79.9. The van der Waals surface area contributed by atoms with Gasteiger partial charge in [0.15, 0.2) is 5.82 Å². The van der Waals surface area contributed by atoms with Crippen LogP contribution < -0.4 is 5.73 Å². The summed E-state index contributed by atoms with van der Waals surface area (Å²) in [6.45, 7) is 2.00. The summed E-state index contributed by atoms with van der Waals surface area (Å²) >= 11 is 9.40. The summed E-state index contributed by atoms with van der Waals surface area (Å²) in [5.41, 5.74) is 9.12. The van der Waals surface area contributed by atoms with E-state index in [0.29, 0.717) is 16.5 Å². The molecule has 2 aromatic carbocycles. The van der Waals surface area contributed by atoms with E-state index in [9.17, 15) is 0 Å². The molecule has 0 spiro atoms. The largest absolute Gasteiger partial charge is 0.398 e. The maximum Gasteiger partial charge on any atom is 0.187 e. The molecule has 3 aromatic rings. The normalized spacial score (nSPS) is 10.8. The second-order valence-corrected chi connectivity index (χ2v) is 5.90. The van der Waals surface area contributed by atoms with Gasteiger partial charge in [-0.1, -0.05) is 27.5 Å². The second-order valence-electron chi connectivity index (χ2n) is 4.58. The van der Waals surface area contributed by atoms with Gasteiger partial charge in [0.05, 0.1) is 16.4 Å². The number of tetrazole rings is 1. The van der Waals surface area contributed by atoms with Crippen molar-refractivity contribution in [3.8, 4) is 17.1 Å². The molecule has 0 bridgehead atoms. The Labute approximate surface area is 134 Å². The number of nitrogen functional groups attached to an aromatic ring is 1. The van der Waals surface area contributed by atoms with Gasteiger partial charge in [0.2, 0.25) is 0 Å². The number of aryl methyl sites for hydroxylation is 1. The Hall–Kier alpha value is -1.92. The minimum absolute atomic E-state index is 0.497. The first-order valence-electron chi connectivity index (χ1n) is 6.16. The topological polar surface area (TPSA) is 69.6 Å². The average Bonchev–Trinajstić information content (AvgIpc) is 2.91. The lowest BCUT2D eigenvalue weighted by molar-refractivity contribution is 0.787. The molecule has 0 aliphatic heterocycles. The fourth-order valence-corrected chi connectivity index (χ4v) is 2.66. The lowest BCUT2D eigenvalue weighted by Gasteiger charge is -2.09. The number of aromatic nitrogens is 4. The first-order valence-corrected chi connectivity index (χ1v) is 7.33. The van der Waals surface area contributed by atoms with E-state index in [1.807, 2.05) is 31.2 Å². The predicted octanol–water partition coefficient (Wildman–Crippen LogP) is 3.64. The summed E-state index contributed by atoms with van der Waals surface area (Å²) in [7, 11) is 0. The van der Waals surface area contributed by atoms with E-state index < -0.39 is 0 Å². The van der Waals surface area contributed by atoms with Crippen LogP contribution >= 0.6 is 27.5 Å². The molecule has 0 saturated heterocycles. The fourth-order valence-electron chi connectivity index (χ4n) is 2.07. The smallest absolute Gasteiger partial charge is 0.187 e. The third-order valence-corrected chi connectivity index (χ3v) is 3.95. The third kappa shape index (κ3) is 2.64. The van der Waals surface area contributed by atoms with Crippen LogP contribution in [-0.2, 0) is 0 Å². The van der Waals surface area contributed by atoms with Crippen LogP contribution in [0.15, 0.2) is 40.9 Å². The van der Waals surface area contributed by atoms with Gasteiger partial charge in [0.25, 0.3) is 0 Å². The Bertz CT molecular complexity index is 815. The average molecular weight is 365 g/mol. The molecule has 1 aromatic heterocycles. The Balaban J connectivity index is 2.14. The molecule has 0 saturated carbocycles. The molecule has 0 amide bonds. The molecule has 2 N–H and O–H groups in total. The summed E-state index contributed by atoms with van der Waals surface area (Å²) in [6, 6.07) is 11.3. The van der Waals surface area contributed by atoms with E-state index in [1.54, 1.807) is 16.8 Å². The number of anilines is 1. The monoisotopic (exact) mass is 363 g/mol. The quantitative estimate of drug-likeness (QED) is 0.705. The molecule has 0 fully saturated rings. The van der Waals surface area contributed by atoms with E-state index in [-0.39, 0.29) is 0 Å². The molecule has 0 unspecified atom stereocenters. The summed E-state index contributed by atoms with van der Waals surface area (Å²) in [4.78, 5) is 0. The number of nitrogens with two attached hydrogens (primary N) is 1. The standard InChI is InChI=1S/C14H11BrClN5/c1-8-6-10(15)3-5-13(8)21-14(18-19-20-21)9-2-4-11(16)12(17)7-9/h2-7H,17H2,1H3. The van der Waals surface area contributed by atoms with Gasteiger partial charge in [-0.2, -0.15) is 4.68 Å². The minimum atomic E-state index is 0.497. The van der Waals surface area contributed by atoms with Crippen molar-refractivity contribution in [2.75, 3.05) is 5.73 Å². The van der Waals surface area contributed by atoms with Crippen molar-refractivity contribution in [1.82, 2.24) is 20.2 Å². The van der Waals surface area contributed by atoms with Crippen LogP contribution in [-0.4, -0.2) is 20.2 Å². The number of rotatable bonds is 2. The van der Waals surface area contributed by atoms with Crippen LogP contribution in [0.3, 0.4) is 0 Å². The Morgan fingerprint density at radius 3 is 2.71 bits per heavy atom. The Morgan fingerprint density at radius 2 is 2.00 bits per heavy atom. The minimum Gasteiger partial charge on any atom is -0.398 e. The van der Waals surface area contributed by atoms with E-state index in [0.717, 1.165) is 21.3 Å². The van der Waals surface area contributed by atoms with Gasteiger partial charge in [-0.15, -0.1) is 5.10 Å². The van der Waals surface area contributed by atoms with Crippen LogP contribution in [0.25, 0.3) is 17.1 Å². The molecule has 0 radical (unpaired) electrons. The summed E-state index contributed by atoms with van der Waals surface area (Å²) in [6.07, 6.45) is 0. The highest BCUT2D eigenvalue weighted by molar-refractivity contribution is 9.10. The first kappa shape index (κ1) is 14.0. The molecule has 0 atom stereocenters. The first-order chi connectivity index (χ1) is 10.1. The van der Waals surface area contributed by atoms with Gasteiger partial charge in [0.1, 0.15) is 0 Å². The lowest BCUT2D eigenvalue weighted by atomic mass is 10.1. The molecule has 0 aliphatic rings. The van der Waals surface area contributed by atoms with Gasteiger partial charge >= 0.3 is 0 Å². The zero-order valence-electron chi connectivity index (χ0n) is 11.1. The van der Waals surface area contributed by atoms with Gasteiger partial charge in [-0.3, -0.25) is 0 Å². The number of halogens is 2. The fraction of sp³-hybridized carbons (Fsp3) is 0.0714. The lowest BCUT2D eigenvalue weighted by Crippen LogP contribution is -2.02. The van der Waals surface area contributed by atoms with Crippen LogP contribution in [0.5, 0.6) is 0 Å². The SMILES string of the molecule is Cc1cc(Br)ccc1-n1nnnc1-c1ccc(Cl)c(N)c1. The van der Waals surface area contributed by atoms with Crippen molar-refractivity contribution in [1.29, 1.82) is 0 Å². The maximum absolute atomic E-state index is 5.95. The molecular formula is C14H11BrClN5. The van der Waals surface area contributed by atoms with E-state index in [2.05, 4.69) is 31.5 Å². The highest BCUT2D eigenvalue weighted by Crippen LogP contribution is 2.27. The van der Waals surface area contributed by atoms with Crippen molar-refractivity contribution in [3.05, 3.63) is 51.5 Å². The van der Waals surface area contributed by atoms with Crippen LogP contribution in [0.1, 0.15) is 5.56 Å². The van der Waals surface area contributed by atoms with Crippen molar-refractivity contribution < 1.29 is 0 Å². The summed E-state index contributed by atoms with van der Waals surface area (Å²) in [5, 5.41) is 12.4. The molecule has 106 valence electrons. The zero-order chi connectivity index (χ0) is 15.0. The van der Waals surface area contributed by atoms with Crippen molar-refractivity contribution >= 4 is 33.2 Å². The van der Waals surface area contributed by atoms with Crippen molar-refractivity contribution in [2.45, 2.75) is 6.92 Å². The maximum atomic E-state index is 5.95. The van der Waals surface area contributed by atoms with Crippen LogP contribution in [0.2, 0.25) is 5.02 Å². The summed E-state index contributed by atoms with van der Waals surface area (Å²) in [5.74, 6) is 0.615. The van der Waals surface area contributed by atoms with E-state index >= 15 is 0 Å². The summed E-state index contributed by atoms with van der Waals surface area (Å²) < 4.78 is 2.69. The zero-order valence-corrected chi connectivity index (χ0v) is 13.4. The van der Waals surface area contributed by atoms with Crippen molar-refractivity contribution in [2.24, 2.45) is 0 Å². The van der Waals surface area contributed by atoms with E-state index in [1.165, 1.54) is 0 Å². The number of nitrogens with zero attached hydrogens (tertiary/aromatic N) is 4. The molecule has 1 heterocycles. The van der Waals surface area contributed by atoms with Crippen molar-refractivity contribution in [3.63, 3.8) is 0 Å². The van der Waals surface area contributed by atoms with Crippen LogP contribution in [0.4, 0.5) is 5.69 Å². The molecule has 5 nitrogen and oxygen atoms in total. The number of hydrogen-bond donors (Lipinski definition) is 1. The highest BCUT2D eigenvalue weighted by Gasteiger charge is 2.13.